The van der Waals surface area contributed by atoms with Gasteiger partial charge in [0.2, 0.25) is 0 Å². The second-order valence-electron chi connectivity index (χ2n) is 11.7. The predicted molar refractivity (Wildman–Crippen MR) is 197 cm³/mol. The van der Waals surface area contributed by atoms with E-state index >= 15 is 0 Å². The molecule has 6 aromatic carbocycles. The van der Waals surface area contributed by atoms with Crippen molar-refractivity contribution in [2.45, 2.75) is 0 Å². The van der Waals surface area contributed by atoms with E-state index in [0.717, 1.165) is 66.9 Å². The summed E-state index contributed by atoms with van der Waals surface area (Å²) < 4.78 is 0. The van der Waals surface area contributed by atoms with Crippen LogP contribution in [0.15, 0.2) is 158 Å². The van der Waals surface area contributed by atoms with Crippen molar-refractivity contribution in [2.24, 2.45) is 0 Å². The van der Waals surface area contributed by atoms with Crippen LogP contribution in [-0.2, 0) is 0 Å². The van der Waals surface area contributed by atoms with Crippen LogP contribution >= 0.6 is 0 Å². The zero-order valence-electron chi connectivity index (χ0n) is 26.7. The topological polar surface area (TPSA) is 99.1 Å². The number of benzene rings is 6. The molecule has 2 aromatic heterocycles. The summed E-state index contributed by atoms with van der Waals surface area (Å²) in [6, 6.07) is 55.8. The minimum absolute atomic E-state index is 0.541. The lowest BCUT2D eigenvalue weighted by Crippen LogP contribution is -1.98. The van der Waals surface area contributed by atoms with Gasteiger partial charge in [-0.1, -0.05) is 121 Å². The van der Waals surface area contributed by atoms with Crippen molar-refractivity contribution in [1.29, 1.82) is 10.5 Å². The largest absolute Gasteiger partial charge is 0.228 e. The average molecular weight is 639 g/mol. The molecule has 0 spiro atoms. The lowest BCUT2D eigenvalue weighted by atomic mass is 9.95. The maximum Gasteiger partial charge on any atom is 0.160 e. The Hall–Kier alpha value is -7.28. The van der Waals surface area contributed by atoms with E-state index in [1.54, 1.807) is 12.1 Å². The number of nitrogens with zero attached hydrogens (tertiary/aromatic N) is 6. The van der Waals surface area contributed by atoms with Gasteiger partial charge in [-0.25, -0.2) is 19.9 Å². The highest BCUT2D eigenvalue weighted by atomic mass is 14.9. The third-order valence-corrected chi connectivity index (χ3v) is 8.57. The first kappa shape index (κ1) is 30.1. The Balaban J connectivity index is 1.33. The zero-order chi connectivity index (χ0) is 33.9. The van der Waals surface area contributed by atoms with E-state index < -0.39 is 0 Å². The first-order chi connectivity index (χ1) is 24.7. The van der Waals surface area contributed by atoms with E-state index in [1.165, 1.54) is 0 Å². The minimum Gasteiger partial charge on any atom is -0.228 e. The van der Waals surface area contributed by atoms with E-state index in [2.05, 4.69) is 36.4 Å². The number of aromatic nitrogens is 4. The van der Waals surface area contributed by atoms with Gasteiger partial charge in [0.25, 0.3) is 0 Å². The lowest BCUT2D eigenvalue weighted by molar-refractivity contribution is 1.18. The maximum atomic E-state index is 9.59. The van der Waals surface area contributed by atoms with Crippen molar-refractivity contribution in [3.8, 4) is 79.9 Å². The summed E-state index contributed by atoms with van der Waals surface area (Å²) in [5.74, 6) is 1.08. The third-order valence-electron chi connectivity index (χ3n) is 8.57. The monoisotopic (exact) mass is 638 g/mol. The second-order valence-corrected chi connectivity index (χ2v) is 11.7. The van der Waals surface area contributed by atoms with Gasteiger partial charge < -0.3 is 0 Å². The molecule has 0 saturated heterocycles. The molecule has 2 heterocycles. The summed E-state index contributed by atoms with van der Waals surface area (Å²) in [6.45, 7) is 0. The zero-order valence-corrected chi connectivity index (χ0v) is 26.7. The van der Waals surface area contributed by atoms with Crippen molar-refractivity contribution in [3.05, 3.63) is 169 Å². The van der Waals surface area contributed by atoms with E-state index in [4.69, 9.17) is 19.9 Å². The lowest BCUT2D eigenvalue weighted by Gasteiger charge is -2.14. The first-order valence-corrected chi connectivity index (χ1v) is 16.1. The molecule has 0 aliphatic rings. The van der Waals surface area contributed by atoms with Crippen LogP contribution in [0.5, 0.6) is 0 Å². The molecule has 8 aromatic rings. The summed E-state index contributed by atoms with van der Waals surface area (Å²) in [5.41, 5.74) is 9.56. The van der Waals surface area contributed by atoms with E-state index in [9.17, 15) is 10.5 Å². The Morgan fingerprint density at radius 2 is 0.720 bits per heavy atom. The van der Waals surface area contributed by atoms with Gasteiger partial charge in [0.15, 0.2) is 11.6 Å². The summed E-state index contributed by atoms with van der Waals surface area (Å²) in [6.07, 6.45) is 0. The van der Waals surface area contributed by atoms with Crippen LogP contribution in [0.1, 0.15) is 11.1 Å². The molecule has 0 radical (unpaired) electrons. The van der Waals surface area contributed by atoms with E-state index in [-0.39, 0.29) is 0 Å². The van der Waals surface area contributed by atoms with Gasteiger partial charge in [-0.05, 0) is 47.2 Å². The van der Waals surface area contributed by atoms with Crippen LogP contribution in [0.25, 0.3) is 78.6 Å². The highest BCUT2D eigenvalue weighted by Crippen LogP contribution is 2.37. The standard InChI is InChI=1S/C44H26N6/c45-27-29-11-7-17-33(23-29)43-47-39(31-13-3-1-4-14-31)25-41(49-43)37-21-9-20-36-35(37)19-10-22-38(36)42-26-40(32-15-5-2-6-16-32)48-44(50-42)34-18-8-12-30(24-34)28-46/h1-26H. The van der Waals surface area contributed by atoms with Gasteiger partial charge in [0.1, 0.15) is 0 Å². The average Bonchev–Trinajstić information content (AvgIpc) is 3.20. The highest BCUT2D eigenvalue weighted by molar-refractivity contribution is 6.04. The van der Waals surface area contributed by atoms with Gasteiger partial charge in [-0.2, -0.15) is 10.5 Å². The molecule has 0 aliphatic carbocycles. The van der Waals surface area contributed by atoms with Crippen molar-refractivity contribution in [3.63, 3.8) is 0 Å². The number of rotatable bonds is 6. The predicted octanol–water partition coefficient (Wildman–Crippen LogP) is 10.2. The van der Waals surface area contributed by atoms with Crippen molar-refractivity contribution in [1.82, 2.24) is 19.9 Å². The number of fused-ring (bicyclic) bond motifs is 1. The van der Waals surface area contributed by atoms with Crippen LogP contribution in [0, 0.1) is 22.7 Å². The smallest absolute Gasteiger partial charge is 0.160 e. The summed E-state index contributed by atoms with van der Waals surface area (Å²) in [7, 11) is 0. The van der Waals surface area contributed by atoms with Crippen LogP contribution in [0.4, 0.5) is 0 Å². The first-order valence-electron chi connectivity index (χ1n) is 16.1. The van der Waals surface area contributed by atoms with E-state index in [1.807, 2.05) is 121 Å². The van der Waals surface area contributed by atoms with Crippen molar-refractivity contribution < 1.29 is 0 Å². The molecule has 6 nitrogen and oxygen atoms in total. The molecule has 0 fully saturated rings. The Morgan fingerprint density at radius 1 is 0.340 bits per heavy atom. The molecule has 50 heavy (non-hydrogen) atoms. The quantitative estimate of drug-likeness (QED) is 0.180. The van der Waals surface area contributed by atoms with Crippen LogP contribution < -0.4 is 0 Å². The normalized spacial score (nSPS) is 10.8. The molecule has 0 unspecified atom stereocenters. The van der Waals surface area contributed by atoms with Gasteiger partial charge in [-0.3, -0.25) is 0 Å². The Labute approximate surface area is 289 Å². The molecule has 0 aliphatic heterocycles. The van der Waals surface area contributed by atoms with Crippen molar-refractivity contribution >= 4 is 10.8 Å². The molecular formula is C44H26N6. The molecule has 8 rings (SSSR count). The summed E-state index contributed by atoms with van der Waals surface area (Å²) >= 11 is 0. The third kappa shape index (κ3) is 5.86. The molecule has 0 saturated carbocycles. The Bertz CT molecular complexity index is 2430. The van der Waals surface area contributed by atoms with Crippen LogP contribution in [-0.4, -0.2) is 19.9 Å². The molecule has 232 valence electrons. The fourth-order valence-electron chi connectivity index (χ4n) is 6.15. The fourth-order valence-corrected chi connectivity index (χ4v) is 6.15. The second kappa shape index (κ2) is 13.1. The van der Waals surface area contributed by atoms with E-state index in [0.29, 0.717) is 22.8 Å². The number of nitriles is 2. The molecule has 0 amide bonds. The van der Waals surface area contributed by atoms with Gasteiger partial charge in [0.05, 0.1) is 46.0 Å². The van der Waals surface area contributed by atoms with Gasteiger partial charge >= 0.3 is 0 Å². The SMILES string of the molecule is N#Cc1cccc(-c2nc(-c3ccccc3)cc(-c3cccc4c(-c5cc(-c6ccccc6)nc(-c6cccc(C#N)c6)n5)cccc34)n2)c1. The van der Waals surface area contributed by atoms with Crippen LogP contribution in [0.2, 0.25) is 0 Å². The molecule has 0 atom stereocenters. The maximum absolute atomic E-state index is 9.59. The fraction of sp³-hybridized carbons (Fsp3) is 0. The van der Waals surface area contributed by atoms with Gasteiger partial charge in [-0.15, -0.1) is 0 Å². The Morgan fingerprint density at radius 3 is 1.14 bits per heavy atom. The molecule has 0 N–H and O–H groups in total. The van der Waals surface area contributed by atoms with Crippen LogP contribution in [0.3, 0.4) is 0 Å². The Kier molecular flexibility index (Phi) is 7.87. The number of hydrogen-bond acceptors (Lipinski definition) is 6. The highest BCUT2D eigenvalue weighted by Gasteiger charge is 2.17. The summed E-state index contributed by atoms with van der Waals surface area (Å²) in [5, 5.41) is 21.2. The minimum atomic E-state index is 0.541. The molecule has 0 bridgehead atoms. The molecule has 6 heteroatoms. The molecular weight excluding hydrogens is 613 g/mol. The summed E-state index contributed by atoms with van der Waals surface area (Å²) in [4.78, 5) is 20.1. The number of hydrogen-bond donors (Lipinski definition) is 0. The van der Waals surface area contributed by atoms with Gasteiger partial charge in [0, 0.05) is 33.4 Å². The van der Waals surface area contributed by atoms with Crippen molar-refractivity contribution in [2.75, 3.05) is 0 Å².